The number of hydrogen-bond acceptors (Lipinski definition) is 4. The lowest BCUT2D eigenvalue weighted by Crippen LogP contribution is -2.48. The Labute approximate surface area is 96.2 Å². The zero-order valence-corrected chi connectivity index (χ0v) is 9.78. The molecule has 0 aromatic carbocycles. The summed E-state index contributed by atoms with van der Waals surface area (Å²) in [4.78, 5) is 14.1. The van der Waals surface area contributed by atoms with Gasteiger partial charge in [0.1, 0.15) is 0 Å². The highest BCUT2D eigenvalue weighted by molar-refractivity contribution is 5.82. The summed E-state index contributed by atoms with van der Waals surface area (Å²) in [6.45, 7) is 2.63. The van der Waals surface area contributed by atoms with Crippen LogP contribution < -0.4 is 10.6 Å². The van der Waals surface area contributed by atoms with Gasteiger partial charge in [0.2, 0.25) is 5.91 Å². The van der Waals surface area contributed by atoms with Gasteiger partial charge in [-0.3, -0.25) is 4.79 Å². The monoisotopic (exact) mass is 227 g/mol. The molecule has 5 heteroatoms. The molecule has 2 heterocycles. The number of amides is 1. The molecule has 92 valence electrons. The molecule has 5 nitrogen and oxygen atoms in total. The Morgan fingerprint density at radius 2 is 2.12 bits per heavy atom. The summed E-state index contributed by atoms with van der Waals surface area (Å²) < 4.78 is 0. The van der Waals surface area contributed by atoms with Gasteiger partial charge in [-0.2, -0.15) is 0 Å². The predicted molar refractivity (Wildman–Crippen MR) is 61.1 cm³/mol. The van der Waals surface area contributed by atoms with Crippen molar-refractivity contribution >= 4 is 5.91 Å². The Morgan fingerprint density at radius 3 is 2.69 bits per heavy atom. The van der Waals surface area contributed by atoms with Crippen LogP contribution in [-0.2, 0) is 4.79 Å². The summed E-state index contributed by atoms with van der Waals surface area (Å²) in [6.07, 6.45) is 2.22. The molecule has 2 aliphatic heterocycles. The van der Waals surface area contributed by atoms with Gasteiger partial charge in [0.15, 0.2) is 0 Å². The molecule has 0 aliphatic carbocycles. The number of hydrogen-bond donors (Lipinski definition) is 3. The number of carbonyl (C=O) groups is 1. The van der Waals surface area contributed by atoms with Gasteiger partial charge < -0.3 is 20.6 Å². The van der Waals surface area contributed by atoms with E-state index >= 15 is 0 Å². The first kappa shape index (κ1) is 11.8. The second-order valence-electron chi connectivity index (χ2n) is 4.94. The van der Waals surface area contributed by atoms with Gasteiger partial charge in [0.05, 0.1) is 12.1 Å². The van der Waals surface area contributed by atoms with E-state index in [1.807, 2.05) is 0 Å². The molecule has 2 saturated heterocycles. The number of nitrogens with one attached hydrogen (secondary N) is 2. The van der Waals surface area contributed by atoms with Crippen molar-refractivity contribution in [3.63, 3.8) is 0 Å². The summed E-state index contributed by atoms with van der Waals surface area (Å²) in [6, 6.07) is 0.109. The minimum Gasteiger partial charge on any atom is -0.392 e. The van der Waals surface area contributed by atoms with E-state index in [1.165, 1.54) is 0 Å². The molecule has 0 saturated carbocycles. The summed E-state index contributed by atoms with van der Waals surface area (Å²) in [5, 5.41) is 15.4. The number of piperidine rings is 1. The van der Waals surface area contributed by atoms with Crippen molar-refractivity contribution in [2.75, 3.05) is 26.7 Å². The van der Waals surface area contributed by atoms with E-state index in [-0.39, 0.29) is 18.1 Å². The third-order valence-corrected chi connectivity index (χ3v) is 3.49. The Balaban J connectivity index is 1.75. The summed E-state index contributed by atoms with van der Waals surface area (Å²) >= 11 is 0. The summed E-state index contributed by atoms with van der Waals surface area (Å²) in [7, 11) is 2.10. The van der Waals surface area contributed by atoms with Crippen molar-refractivity contribution < 1.29 is 9.90 Å². The fourth-order valence-corrected chi connectivity index (χ4v) is 2.37. The van der Waals surface area contributed by atoms with Gasteiger partial charge in [0, 0.05) is 12.6 Å². The van der Waals surface area contributed by atoms with Crippen LogP contribution in [0.15, 0.2) is 0 Å². The van der Waals surface area contributed by atoms with Gasteiger partial charge >= 0.3 is 0 Å². The molecule has 2 fully saturated rings. The lowest BCUT2D eigenvalue weighted by atomic mass is 10.0. The average Bonchev–Trinajstić information content (AvgIpc) is 2.68. The van der Waals surface area contributed by atoms with Crippen LogP contribution in [0.4, 0.5) is 0 Å². The Bertz CT molecular complexity index is 252. The topological polar surface area (TPSA) is 64.6 Å². The smallest absolute Gasteiger partial charge is 0.237 e. The van der Waals surface area contributed by atoms with E-state index in [0.717, 1.165) is 25.9 Å². The van der Waals surface area contributed by atoms with Gasteiger partial charge in [0.25, 0.3) is 0 Å². The molecule has 0 spiro atoms. The van der Waals surface area contributed by atoms with Crippen LogP contribution in [0, 0.1) is 0 Å². The third kappa shape index (κ3) is 2.93. The van der Waals surface area contributed by atoms with Crippen molar-refractivity contribution in [1.29, 1.82) is 0 Å². The van der Waals surface area contributed by atoms with Crippen LogP contribution in [0.2, 0.25) is 0 Å². The van der Waals surface area contributed by atoms with Crippen molar-refractivity contribution in [2.24, 2.45) is 0 Å². The quantitative estimate of drug-likeness (QED) is 0.561. The second kappa shape index (κ2) is 5.12. The number of aliphatic hydroxyl groups excluding tert-OH is 1. The van der Waals surface area contributed by atoms with Crippen LogP contribution in [0.1, 0.15) is 19.3 Å². The number of likely N-dealkylation sites (tertiary alicyclic amines) is 1. The summed E-state index contributed by atoms with van der Waals surface area (Å²) in [5.74, 6) is 0.0473. The Kier molecular flexibility index (Phi) is 3.78. The highest BCUT2D eigenvalue weighted by Crippen LogP contribution is 2.11. The van der Waals surface area contributed by atoms with Crippen molar-refractivity contribution in [2.45, 2.75) is 37.5 Å². The van der Waals surface area contributed by atoms with Crippen LogP contribution in [-0.4, -0.2) is 60.8 Å². The van der Waals surface area contributed by atoms with E-state index in [9.17, 15) is 9.90 Å². The van der Waals surface area contributed by atoms with E-state index in [4.69, 9.17) is 0 Å². The van der Waals surface area contributed by atoms with Crippen LogP contribution >= 0.6 is 0 Å². The third-order valence-electron chi connectivity index (χ3n) is 3.49. The molecule has 16 heavy (non-hydrogen) atoms. The van der Waals surface area contributed by atoms with Gasteiger partial charge in [-0.05, 0) is 39.4 Å². The predicted octanol–water partition coefficient (Wildman–Crippen LogP) is -1.08. The van der Waals surface area contributed by atoms with Gasteiger partial charge in [-0.1, -0.05) is 0 Å². The second-order valence-corrected chi connectivity index (χ2v) is 4.94. The van der Waals surface area contributed by atoms with Crippen LogP contribution in [0.25, 0.3) is 0 Å². The van der Waals surface area contributed by atoms with Gasteiger partial charge in [-0.15, -0.1) is 0 Å². The Morgan fingerprint density at radius 1 is 1.44 bits per heavy atom. The average molecular weight is 227 g/mol. The molecule has 0 bridgehead atoms. The van der Waals surface area contributed by atoms with Crippen molar-refractivity contribution in [3.8, 4) is 0 Å². The molecule has 0 aromatic rings. The molecule has 3 N–H and O–H groups in total. The first-order chi connectivity index (χ1) is 7.65. The molecule has 0 aromatic heterocycles. The summed E-state index contributed by atoms with van der Waals surface area (Å²) in [5.41, 5.74) is 0. The van der Waals surface area contributed by atoms with E-state index in [1.54, 1.807) is 0 Å². The van der Waals surface area contributed by atoms with Crippen molar-refractivity contribution in [1.82, 2.24) is 15.5 Å². The maximum Gasteiger partial charge on any atom is 0.237 e. The minimum absolute atomic E-state index is 0.0473. The molecule has 2 atom stereocenters. The molecular formula is C11H21N3O2. The van der Waals surface area contributed by atoms with Gasteiger partial charge in [-0.25, -0.2) is 0 Å². The number of β-amino-alcohol motifs (C(OH)–C–C–N with tert-alkyl or cyclic N) is 1. The molecule has 2 aliphatic rings. The number of carbonyl (C=O) groups excluding carboxylic acids is 1. The maximum absolute atomic E-state index is 11.8. The maximum atomic E-state index is 11.8. The first-order valence-corrected chi connectivity index (χ1v) is 6.05. The highest BCUT2D eigenvalue weighted by atomic mass is 16.3. The lowest BCUT2D eigenvalue weighted by Gasteiger charge is -2.30. The van der Waals surface area contributed by atoms with E-state index in [0.29, 0.717) is 19.0 Å². The van der Waals surface area contributed by atoms with Crippen LogP contribution in [0.3, 0.4) is 0 Å². The zero-order valence-electron chi connectivity index (χ0n) is 9.78. The standard InChI is InChI=1S/C11H21N3O2/c1-14-4-2-8(3-5-14)13-11(16)10-6-9(15)7-12-10/h8-10,12,15H,2-7H2,1H3,(H,13,16). The highest BCUT2D eigenvalue weighted by Gasteiger charge is 2.29. The largest absolute Gasteiger partial charge is 0.392 e. The molecule has 2 unspecified atom stereocenters. The Hall–Kier alpha value is -0.650. The SMILES string of the molecule is CN1CCC(NC(=O)C2CC(O)CN2)CC1. The zero-order chi connectivity index (χ0) is 11.5. The molecular weight excluding hydrogens is 206 g/mol. The lowest BCUT2D eigenvalue weighted by molar-refractivity contribution is -0.123. The van der Waals surface area contributed by atoms with Crippen LogP contribution in [0.5, 0.6) is 0 Å². The molecule has 0 radical (unpaired) electrons. The molecule has 1 amide bonds. The van der Waals surface area contributed by atoms with Crippen molar-refractivity contribution in [3.05, 3.63) is 0 Å². The van der Waals surface area contributed by atoms with E-state index < -0.39 is 0 Å². The van der Waals surface area contributed by atoms with E-state index in [2.05, 4.69) is 22.6 Å². The fraction of sp³-hybridized carbons (Fsp3) is 0.909. The fourth-order valence-electron chi connectivity index (χ4n) is 2.37. The molecule has 2 rings (SSSR count). The minimum atomic E-state index is -0.367. The number of nitrogens with zero attached hydrogens (tertiary/aromatic N) is 1. The number of rotatable bonds is 2. The first-order valence-electron chi connectivity index (χ1n) is 6.05. The normalized spacial score (nSPS) is 32.9. The number of aliphatic hydroxyl groups is 1.